The van der Waals surface area contributed by atoms with Gasteiger partial charge in [0.15, 0.2) is 0 Å². The summed E-state index contributed by atoms with van der Waals surface area (Å²) in [5.41, 5.74) is 3.75. The SMILES string of the molecule is O=C(CNc1ccccc1)N1CCc2ccccc2CC1. The van der Waals surface area contributed by atoms with Gasteiger partial charge in [0, 0.05) is 18.8 Å². The smallest absolute Gasteiger partial charge is 0.241 e. The van der Waals surface area contributed by atoms with E-state index in [0.29, 0.717) is 6.54 Å². The molecule has 0 bridgehead atoms. The Morgan fingerprint density at radius 1 is 0.905 bits per heavy atom. The topological polar surface area (TPSA) is 32.3 Å². The maximum atomic E-state index is 12.3. The van der Waals surface area contributed by atoms with E-state index in [4.69, 9.17) is 0 Å². The minimum absolute atomic E-state index is 0.173. The fourth-order valence-corrected chi connectivity index (χ4v) is 2.76. The zero-order chi connectivity index (χ0) is 14.5. The maximum Gasteiger partial charge on any atom is 0.241 e. The number of amides is 1. The maximum absolute atomic E-state index is 12.3. The van der Waals surface area contributed by atoms with Crippen molar-refractivity contribution in [2.75, 3.05) is 25.0 Å². The fourth-order valence-electron chi connectivity index (χ4n) is 2.76. The molecule has 0 aliphatic carbocycles. The molecule has 0 saturated heterocycles. The number of benzene rings is 2. The lowest BCUT2D eigenvalue weighted by Gasteiger charge is -2.20. The standard InChI is InChI=1S/C18H20N2O/c21-18(14-19-17-8-2-1-3-9-17)20-12-10-15-6-4-5-7-16(15)11-13-20/h1-9,19H,10-14H2. The van der Waals surface area contributed by atoms with Crippen LogP contribution in [0.2, 0.25) is 0 Å². The highest BCUT2D eigenvalue weighted by Crippen LogP contribution is 2.15. The molecule has 3 rings (SSSR count). The molecule has 0 spiro atoms. The van der Waals surface area contributed by atoms with Gasteiger partial charge in [0.25, 0.3) is 0 Å². The number of carbonyl (C=O) groups excluding carboxylic acids is 1. The molecule has 3 heteroatoms. The van der Waals surface area contributed by atoms with Gasteiger partial charge in [-0.15, -0.1) is 0 Å². The summed E-state index contributed by atoms with van der Waals surface area (Å²) < 4.78 is 0. The number of hydrogen-bond donors (Lipinski definition) is 1. The fraction of sp³-hybridized carbons (Fsp3) is 0.278. The monoisotopic (exact) mass is 280 g/mol. The van der Waals surface area contributed by atoms with E-state index in [9.17, 15) is 4.79 Å². The molecular weight excluding hydrogens is 260 g/mol. The summed E-state index contributed by atoms with van der Waals surface area (Å²) in [5.74, 6) is 0.173. The van der Waals surface area contributed by atoms with Crippen molar-refractivity contribution in [2.24, 2.45) is 0 Å². The third-order valence-electron chi connectivity index (χ3n) is 3.99. The summed E-state index contributed by atoms with van der Waals surface area (Å²) in [6.45, 7) is 1.99. The van der Waals surface area contributed by atoms with Crippen LogP contribution in [0.3, 0.4) is 0 Å². The Bertz CT molecular complexity index is 583. The van der Waals surface area contributed by atoms with Crippen LogP contribution in [0, 0.1) is 0 Å². The predicted octanol–water partition coefficient (Wildman–Crippen LogP) is 2.73. The van der Waals surface area contributed by atoms with Crippen molar-refractivity contribution in [3.8, 4) is 0 Å². The highest BCUT2D eigenvalue weighted by molar-refractivity contribution is 5.81. The highest BCUT2D eigenvalue weighted by Gasteiger charge is 2.17. The van der Waals surface area contributed by atoms with Gasteiger partial charge in [-0.05, 0) is 36.1 Å². The molecule has 1 amide bonds. The molecule has 1 aliphatic rings. The van der Waals surface area contributed by atoms with Crippen LogP contribution in [-0.4, -0.2) is 30.4 Å². The second-order valence-electron chi connectivity index (χ2n) is 5.37. The van der Waals surface area contributed by atoms with Gasteiger partial charge >= 0.3 is 0 Å². The summed E-state index contributed by atoms with van der Waals surface area (Å²) in [6, 6.07) is 18.4. The van der Waals surface area contributed by atoms with Crippen LogP contribution in [0.5, 0.6) is 0 Å². The molecule has 0 radical (unpaired) electrons. The molecule has 21 heavy (non-hydrogen) atoms. The normalized spacial score (nSPS) is 14.2. The average molecular weight is 280 g/mol. The van der Waals surface area contributed by atoms with Gasteiger partial charge in [-0.25, -0.2) is 0 Å². The number of rotatable bonds is 3. The van der Waals surface area contributed by atoms with Gasteiger partial charge in [-0.1, -0.05) is 42.5 Å². The summed E-state index contributed by atoms with van der Waals surface area (Å²) in [7, 11) is 0. The number of nitrogens with one attached hydrogen (secondary N) is 1. The molecule has 2 aromatic rings. The van der Waals surface area contributed by atoms with E-state index >= 15 is 0 Å². The van der Waals surface area contributed by atoms with Crippen molar-refractivity contribution in [3.05, 3.63) is 65.7 Å². The molecule has 0 atom stereocenters. The van der Waals surface area contributed by atoms with E-state index in [2.05, 4.69) is 29.6 Å². The molecule has 3 nitrogen and oxygen atoms in total. The van der Waals surface area contributed by atoms with Gasteiger partial charge in [0.1, 0.15) is 0 Å². The Hall–Kier alpha value is -2.29. The summed E-state index contributed by atoms with van der Waals surface area (Å²) >= 11 is 0. The van der Waals surface area contributed by atoms with E-state index in [0.717, 1.165) is 31.6 Å². The number of fused-ring (bicyclic) bond motifs is 1. The lowest BCUT2D eigenvalue weighted by Crippen LogP contribution is -2.37. The lowest BCUT2D eigenvalue weighted by molar-refractivity contribution is -0.129. The first kappa shape index (κ1) is 13.7. The third-order valence-corrected chi connectivity index (χ3v) is 3.99. The van der Waals surface area contributed by atoms with E-state index in [1.807, 2.05) is 35.2 Å². The lowest BCUT2D eigenvalue weighted by atomic mass is 10.0. The van der Waals surface area contributed by atoms with Gasteiger partial charge in [-0.3, -0.25) is 4.79 Å². The van der Waals surface area contributed by atoms with E-state index in [1.54, 1.807) is 0 Å². The molecule has 0 unspecified atom stereocenters. The summed E-state index contributed by atoms with van der Waals surface area (Å²) in [4.78, 5) is 14.3. The Balaban J connectivity index is 1.57. The molecule has 2 aromatic carbocycles. The van der Waals surface area contributed by atoms with Crippen LogP contribution < -0.4 is 5.32 Å². The van der Waals surface area contributed by atoms with Gasteiger partial charge in [-0.2, -0.15) is 0 Å². The van der Waals surface area contributed by atoms with Crippen LogP contribution in [-0.2, 0) is 17.6 Å². The van der Waals surface area contributed by atoms with Crippen LogP contribution in [0.25, 0.3) is 0 Å². The molecule has 1 aliphatic heterocycles. The molecule has 0 saturated carbocycles. The largest absolute Gasteiger partial charge is 0.376 e. The number of anilines is 1. The van der Waals surface area contributed by atoms with E-state index in [1.165, 1.54) is 11.1 Å². The minimum Gasteiger partial charge on any atom is -0.376 e. The Kier molecular flexibility index (Phi) is 4.20. The second-order valence-corrected chi connectivity index (χ2v) is 5.37. The number of carbonyl (C=O) groups is 1. The summed E-state index contributed by atoms with van der Waals surface area (Å²) in [6.07, 6.45) is 1.90. The van der Waals surface area contributed by atoms with E-state index in [-0.39, 0.29) is 5.91 Å². The first-order valence-electron chi connectivity index (χ1n) is 7.46. The van der Waals surface area contributed by atoms with Crippen molar-refractivity contribution in [3.63, 3.8) is 0 Å². The van der Waals surface area contributed by atoms with E-state index < -0.39 is 0 Å². The third kappa shape index (κ3) is 3.43. The van der Waals surface area contributed by atoms with Crippen molar-refractivity contribution in [1.82, 2.24) is 4.90 Å². The van der Waals surface area contributed by atoms with Crippen LogP contribution >= 0.6 is 0 Å². The molecule has 1 heterocycles. The van der Waals surface area contributed by atoms with Gasteiger partial charge in [0.2, 0.25) is 5.91 Å². The zero-order valence-electron chi connectivity index (χ0n) is 12.1. The molecular formula is C18H20N2O. The van der Waals surface area contributed by atoms with Crippen molar-refractivity contribution in [1.29, 1.82) is 0 Å². The van der Waals surface area contributed by atoms with Gasteiger partial charge in [0.05, 0.1) is 6.54 Å². The highest BCUT2D eigenvalue weighted by atomic mass is 16.2. The van der Waals surface area contributed by atoms with Crippen molar-refractivity contribution >= 4 is 11.6 Å². The Labute approximate surface area is 125 Å². The first-order chi connectivity index (χ1) is 10.3. The Morgan fingerprint density at radius 2 is 1.48 bits per heavy atom. The molecule has 1 N–H and O–H groups in total. The second kappa shape index (κ2) is 6.44. The quantitative estimate of drug-likeness (QED) is 0.937. The van der Waals surface area contributed by atoms with Crippen LogP contribution in [0.15, 0.2) is 54.6 Å². The molecule has 108 valence electrons. The van der Waals surface area contributed by atoms with Crippen molar-refractivity contribution < 1.29 is 4.79 Å². The summed E-state index contributed by atoms with van der Waals surface area (Å²) in [5, 5.41) is 3.19. The zero-order valence-corrected chi connectivity index (χ0v) is 12.1. The average Bonchev–Trinajstić information content (AvgIpc) is 2.76. The Morgan fingerprint density at radius 3 is 2.10 bits per heavy atom. The minimum atomic E-state index is 0.173. The first-order valence-corrected chi connectivity index (χ1v) is 7.46. The number of hydrogen-bond acceptors (Lipinski definition) is 2. The molecule has 0 fully saturated rings. The molecule has 0 aromatic heterocycles. The number of nitrogens with zero attached hydrogens (tertiary/aromatic N) is 1. The van der Waals surface area contributed by atoms with Gasteiger partial charge < -0.3 is 10.2 Å². The van der Waals surface area contributed by atoms with Crippen LogP contribution in [0.1, 0.15) is 11.1 Å². The van der Waals surface area contributed by atoms with Crippen molar-refractivity contribution in [2.45, 2.75) is 12.8 Å². The predicted molar refractivity (Wildman–Crippen MR) is 85.4 cm³/mol. The van der Waals surface area contributed by atoms with Crippen LogP contribution in [0.4, 0.5) is 5.69 Å². The number of para-hydroxylation sites is 1.